The van der Waals surface area contributed by atoms with E-state index in [1.54, 1.807) is 0 Å². The van der Waals surface area contributed by atoms with Crippen molar-refractivity contribution >= 4 is 11.9 Å². The zero-order chi connectivity index (χ0) is 13.1. The topological polar surface area (TPSA) is 92.4 Å². The highest BCUT2D eigenvalue weighted by atomic mass is 16.4. The molecule has 0 saturated heterocycles. The lowest BCUT2D eigenvalue weighted by atomic mass is 9.76. The van der Waals surface area contributed by atoms with E-state index < -0.39 is 11.5 Å². The van der Waals surface area contributed by atoms with Gasteiger partial charge in [0.25, 0.3) is 0 Å². The van der Waals surface area contributed by atoms with Gasteiger partial charge in [0.1, 0.15) is 5.54 Å². The Bertz CT molecular complexity index is 298. The Labute approximate surface area is 102 Å². The molecule has 0 aliphatic heterocycles. The number of carboxylic acids is 1. The molecule has 1 amide bonds. The molecule has 5 nitrogen and oxygen atoms in total. The molecule has 98 valence electrons. The van der Waals surface area contributed by atoms with Gasteiger partial charge >= 0.3 is 5.97 Å². The average Bonchev–Trinajstić information content (AvgIpc) is 2.18. The molecule has 4 N–H and O–H groups in total. The second-order valence-corrected chi connectivity index (χ2v) is 5.29. The van der Waals surface area contributed by atoms with E-state index in [0.717, 1.165) is 6.42 Å². The molecule has 0 spiro atoms. The Morgan fingerprint density at radius 1 is 1.41 bits per heavy atom. The van der Waals surface area contributed by atoms with E-state index in [-0.39, 0.29) is 18.4 Å². The highest BCUT2D eigenvalue weighted by Gasteiger charge is 2.46. The Kier molecular flexibility index (Phi) is 4.51. The van der Waals surface area contributed by atoms with Crippen LogP contribution in [0.15, 0.2) is 0 Å². The summed E-state index contributed by atoms with van der Waals surface area (Å²) in [5.41, 5.74) is 4.54. The largest absolute Gasteiger partial charge is 0.480 e. The van der Waals surface area contributed by atoms with Crippen LogP contribution in [0.3, 0.4) is 0 Å². The molecule has 17 heavy (non-hydrogen) atoms. The van der Waals surface area contributed by atoms with E-state index in [1.165, 1.54) is 0 Å². The standard InChI is InChI=1S/C12H22N2O3/c1-8(2)6-9(7-13)10(15)14-12(11(16)17)4-3-5-12/h8-9H,3-7,13H2,1-2H3,(H,14,15)(H,16,17). The van der Waals surface area contributed by atoms with E-state index in [1.807, 2.05) is 13.8 Å². The van der Waals surface area contributed by atoms with Gasteiger partial charge in [0.15, 0.2) is 0 Å². The molecule has 1 rings (SSSR count). The van der Waals surface area contributed by atoms with Crippen LogP contribution in [0.5, 0.6) is 0 Å². The molecule has 0 radical (unpaired) electrons. The number of amides is 1. The number of nitrogens with one attached hydrogen (secondary N) is 1. The van der Waals surface area contributed by atoms with Crippen molar-refractivity contribution in [1.82, 2.24) is 5.32 Å². The van der Waals surface area contributed by atoms with Gasteiger partial charge in [-0.3, -0.25) is 4.79 Å². The maximum atomic E-state index is 12.0. The van der Waals surface area contributed by atoms with Crippen LogP contribution in [-0.2, 0) is 9.59 Å². The summed E-state index contributed by atoms with van der Waals surface area (Å²) in [5, 5.41) is 11.8. The van der Waals surface area contributed by atoms with Crippen LogP contribution in [0, 0.1) is 11.8 Å². The average molecular weight is 242 g/mol. The number of aliphatic carboxylic acids is 1. The molecule has 5 heteroatoms. The quantitative estimate of drug-likeness (QED) is 0.640. The third-order valence-corrected chi connectivity index (χ3v) is 3.39. The van der Waals surface area contributed by atoms with Gasteiger partial charge in [0.2, 0.25) is 5.91 Å². The fraction of sp³-hybridized carbons (Fsp3) is 0.833. The number of nitrogens with two attached hydrogens (primary N) is 1. The van der Waals surface area contributed by atoms with Gasteiger partial charge in [-0.05, 0) is 31.6 Å². The number of rotatable bonds is 6. The van der Waals surface area contributed by atoms with Crippen molar-refractivity contribution in [2.75, 3.05) is 6.54 Å². The first-order valence-corrected chi connectivity index (χ1v) is 6.17. The van der Waals surface area contributed by atoms with Crippen molar-refractivity contribution in [1.29, 1.82) is 0 Å². The third-order valence-electron chi connectivity index (χ3n) is 3.39. The van der Waals surface area contributed by atoms with Crippen LogP contribution < -0.4 is 11.1 Å². The highest BCUT2D eigenvalue weighted by Crippen LogP contribution is 2.32. The van der Waals surface area contributed by atoms with Crippen LogP contribution in [0.2, 0.25) is 0 Å². The predicted octanol–water partition coefficient (Wildman–Crippen LogP) is 0.731. The summed E-state index contributed by atoms with van der Waals surface area (Å²) in [6.45, 7) is 4.30. The first-order valence-electron chi connectivity index (χ1n) is 6.17. The summed E-state index contributed by atoms with van der Waals surface area (Å²) < 4.78 is 0. The summed E-state index contributed by atoms with van der Waals surface area (Å²) in [4.78, 5) is 23.1. The first-order chi connectivity index (χ1) is 7.91. The van der Waals surface area contributed by atoms with E-state index in [0.29, 0.717) is 25.2 Å². The van der Waals surface area contributed by atoms with Crippen LogP contribution in [0.4, 0.5) is 0 Å². The van der Waals surface area contributed by atoms with Crippen molar-refractivity contribution < 1.29 is 14.7 Å². The minimum Gasteiger partial charge on any atom is -0.480 e. The van der Waals surface area contributed by atoms with E-state index in [2.05, 4.69) is 5.32 Å². The molecule has 1 saturated carbocycles. The van der Waals surface area contributed by atoms with Crippen LogP contribution in [0.1, 0.15) is 39.5 Å². The van der Waals surface area contributed by atoms with Gasteiger partial charge in [0.05, 0.1) is 5.92 Å². The maximum Gasteiger partial charge on any atom is 0.329 e. The molecule has 1 unspecified atom stereocenters. The second-order valence-electron chi connectivity index (χ2n) is 5.29. The van der Waals surface area contributed by atoms with Gasteiger partial charge in [-0.2, -0.15) is 0 Å². The Hall–Kier alpha value is -1.10. The van der Waals surface area contributed by atoms with Gasteiger partial charge in [-0.15, -0.1) is 0 Å². The summed E-state index contributed by atoms with van der Waals surface area (Å²) in [6, 6.07) is 0. The van der Waals surface area contributed by atoms with Crippen molar-refractivity contribution in [3.63, 3.8) is 0 Å². The minimum absolute atomic E-state index is 0.219. The van der Waals surface area contributed by atoms with Crippen LogP contribution in [-0.4, -0.2) is 29.1 Å². The number of hydrogen-bond donors (Lipinski definition) is 3. The van der Waals surface area contributed by atoms with Gasteiger partial charge in [0, 0.05) is 6.54 Å². The molecule has 0 aromatic heterocycles. The number of carbonyl (C=O) groups excluding carboxylic acids is 1. The summed E-state index contributed by atoms with van der Waals surface area (Å²) >= 11 is 0. The molecular formula is C12H22N2O3. The Morgan fingerprint density at radius 3 is 2.29 bits per heavy atom. The van der Waals surface area contributed by atoms with E-state index in [4.69, 9.17) is 10.8 Å². The van der Waals surface area contributed by atoms with Crippen molar-refractivity contribution in [2.24, 2.45) is 17.6 Å². The number of hydrogen-bond acceptors (Lipinski definition) is 3. The van der Waals surface area contributed by atoms with Crippen molar-refractivity contribution in [3.8, 4) is 0 Å². The SMILES string of the molecule is CC(C)CC(CN)C(=O)NC1(C(=O)O)CCC1. The molecule has 1 atom stereocenters. The van der Waals surface area contributed by atoms with E-state index in [9.17, 15) is 9.59 Å². The van der Waals surface area contributed by atoms with Gasteiger partial charge < -0.3 is 16.2 Å². The normalized spacial score (nSPS) is 19.5. The zero-order valence-electron chi connectivity index (χ0n) is 10.5. The molecule has 0 aromatic rings. The number of carboxylic acid groups (broad SMARTS) is 1. The second kappa shape index (κ2) is 5.49. The highest BCUT2D eigenvalue weighted by molar-refractivity contribution is 5.88. The smallest absolute Gasteiger partial charge is 0.329 e. The van der Waals surface area contributed by atoms with Gasteiger partial charge in [-0.1, -0.05) is 13.8 Å². The Balaban J connectivity index is 2.60. The zero-order valence-corrected chi connectivity index (χ0v) is 10.5. The predicted molar refractivity (Wildman–Crippen MR) is 64.4 cm³/mol. The fourth-order valence-electron chi connectivity index (χ4n) is 2.14. The molecular weight excluding hydrogens is 220 g/mol. The fourth-order valence-corrected chi connectivity index (χ4v) is 2.14. The molecule has 0 aromatic carbocycles. The van der Waals surface area contributed by atoms with Crippen molar-refractivity contribution in [3.05, 3.63) is 0 Å². The summed E-state index contributed by atoms with van der Waals surface area (Å²) in [5.74, 6) is -1.07. The molecule has 1 aliphatic carbocycles. The third kappa shape index (κ3) is 3.19. The lowest BCUT2D eigenvalue weighted by molar-refractivity contribution is -0.152. The minimum atomic E-state index is -1.03. The monoisotopic (exact) mass is 242 g/mol. The molecule has 1 aliphatic rings. The van der Waals surface area contributed by atoms with E-state index >= 15 is 0 Å². The lowest BCUT2D eigenvalue weighted by Gasteiger charge is -2.39. The van der Waals surface area contributed by atoms with Gasteiger partial charge in [-0.25, -0.2) is 4.79 Å². The van der Waals surface area contributed by atoms with Crippen molar-refractivity contribution in [2.45, 2.75) is 45.1 Å². The molecule has 1 fully saturated rings. The van der Waals surface area contributed by atoms with Crippen LogP contribution >= 0.6 is 0 Å². The summed E-state index contributed by atoms with van der Waals surface area (Å²) in [6.07, 6.45) is 2.59. The first kappa shape index (κ1) is 14.0. The molecule has 0 heterocycles. The molecule has 0 bridgehead atoms. The maximum absolute atomic E-state index is 12.0. The Morgan fingerprint density at radius 2 is 2.00 bits per heavy atom. The summed E-state index contributed by atoms with van der Waals surface area (Å²) in [7, 11) is 0. The number of carbonyl (C=O) groups is 2. The van der Waals surface area contributed by atoms with Crippen LogP contribution in [0.25, 0.3) is 0 Å². The lowest BCUT2D eigenvalue weighted by Crippen LogP contribution is -2.60.